The van der Waals surface area contributed by atoms with Crippen molar-refractivity contribution in [1.29, 1.82) is 0 Å². The minimum atomic E-state index is -0.408. The fraction of sp³-hybridized carbons (Fsp3) is 0.533. The molecule has 1 aromatic carbocycles. The fourth-order valence-electron chi connectivity index (χ4n) is 2.84. The summed E-state index contributed by atoms with van der Waals surface area (Å²) in [6.07, 6.45) is 2.73. The lowest BCUT2D eigenvalue weighted by Crippen LogP contribution is -2.62. The van der Waals surface area contributed by atoms with Gasteiger partial charge in [-0.25, -0.2) is 0 Å². The van der Waals surface area contributed by atoms with E-state index in [0.29, 0.717) is 0 Å². The molecule has 1 fully saturated rings. The van der Waals surface area contributed by atoms with Crippen LogP contribution >= 0.6 is 0 Å². The second kappa shape index (κ2) is 4.17. The Bertz CT molecular complexity index is 412. The van der Waals surface area contributed by atoms with Gasteiger partial charge in [0.1, 0.15) is 5.41 Å². The predicted octanol–water partition coefficient (Wildman–Crippen LogP) is 3.66. The van der Waals surface area contributed by atoms with Crippen LogP contribution in [0.1, 0.15) is 45.6 Å². The summed E-state index contributed by atoms with van der Waals surface area (Å²) >= 11 is 0. The van der Waals surface area contributed by atoms with E-state index in [1.165, 1.54) is 0 Å². The van der Waals surface area contributed by atoms with Crippen molar-refractivity contribution in [1.82, 2.24) is 0 Å². The monoisotopic (exact) mass is 232 g/mol. The summed E-state index contributed by atoms with van der Waals surface area (Å²) in [4.78, 5) is 11.8. The first kappa shape index (κ1) is 12.2. The number of hydrogen-bond donors (Lipinski definition) is 0. The number of hydrogen-bond acceptors (Lipinski definition) is 2. The highest BCUT2D eigenvalue weighted by molar-refractivity contribution is 5.85. The summed E-state index contributed by atoms with van der Waals surface area (Å²) in [6.45, 7) is 6.22. The highest BCUT2D eigenvalue weighted by Crippen LogP contribution is 2.57. The van der Waals surface area contributed by atoms with Crippen LogP contribution in [0.25, 0.3) is 0 Å². The quantitative estimate of drug-likeness (QED) is 0.741. The highest BCUT2D eigenvalue weighted by atomic mass is 16.6. The van der Waals surface area contributed by atoms with Crippen molar-refractivity contribution >= 4 is 5.97 Å². The van der Waals surface area contributed by atoms with Crippen LogP contribution in [-0.4, -0.2) is 5.97 Å². The molecule has 2 heteroatoms. The van der Waals surface area contributed by atoms with Crippen LogP contribution < -0.4 is 0 Å². The van der Waals surface area contributed by atoms with Gasteiger partial charge >= 0.3 is 5.97 Å². The van der Waals surface area contributed by atoms with Crippen LogP contribution in [0.4, 0.5) is 0 Å². The molecule has 0 aliphatic carbocycles. The van der Waals surface area contributed by atoms with Gasteiger partial charge < -0.3 is 4.74 Å². The third kappa shape index (κ3) is 1.50. The van der Waals surface area contributed by atoms with E-state index < -0.39 is 5.60 Å². The topological polar surface area (TPSA) is 26.3 Å². The Morgan fingerprint density at radius 1 is 1.18 bits per heavy atom. The van der Waals surface area contributed by atoms with Crippen molar-refractivity contribution in [2.24, 2.45) is 5.41 Å². The van der Waals surface area contributed by atoms with Crippen molar-refractivity contribution in [2.45, 2.75) is 45.6 Å². The van der Waals surface area contributed by atoms with E-state index in [4.69, 9.17) is 4.74 Å². The van der Waals surface area contributed by atoms with Gasteiger partial charge in [0.2, 0.25) is 0 Å². The molecule has 1 aliphatic heterocycles. The minimum absolute atomic E-state index is 0.0581. The van der Waals surface area contributed by atoms with Crippen molar-refractivity contribution in [3.8, 4) is 0 Å². The van der Waals surface area contributed by atoms with Gasteiger partial charge in [0.25, 0.3) is 0 Å². The summed E-state index contributed by atoms with van der Waals surface area (Å²) in [6, 6.07) is 10.1. The van der Waals surface area contributed by atoms with Crippen LogP contribution in [0, 0.1) is 5.41 Å². The van der Waals surface area contributed by atoms with Crippen LogP contribution in [-0.2, 0) is 15.1 Å². The Balaban J connectivity index is 2.45. The second-order valence-corrected chi connectivity index (χ2v) is 5.02. The number of carbonyl (C=O) groups excluding carboxylic acids is 1. The van der Waals surface area contributed by atoms with Gasteiger partial charge in [-0.3, -0.25) is 4.79 Å². The lowest BCUT2D eigenvalue weighted by molar-refractivity contribution is -0.248. The Labute approximate surface area is 103 Å². The van der Waals surface area contributed by atoms with Crippen molar-refractivity contribution in [2.75, 3.05) is 0 Å². The molecule has 17 heavy (non-hydrogen) atoms. The molecule has 0 aromatic heterocycles. The lowest BCUT2D eigenvalue weighted by Gasteiger charge is -2.55. The summed E-state index contributed by atoms with van der Waals surface area (Å²) in [5, 5.41) is 0. The first-order valence-electron chi connectivity index (χ1n) is 6.39. The minimum Gasteiger partial charge on any atom is -0.452 e. The zero-order valence-corrected chi connectivity index (χ0v) is 10.8. The van der Waals surface area contributed by atoms with E-state index in [1.54, 1.807) is 0 Å². The SMILES string of the molecule is CCCC1(c2ccccc2)OC(=O)C1(C)CC. The molecule has 0 amide bonds. The molecule has 92 valence electrons. The molecule has 1 saturated heterocycles. The first-order chi connectivity index (χ1) is 8.10. The number of ether oxygens (including phenoxy) is 1. The molecule has 2 nitrogen and oxygen atoms in total. The maximum absolute atomic E-state index is 11.8. The molecule has 1 aliphatic rings. The van der Waals surface area contributed by atoms with E-state index in [0.717, 1.165) is 24.8 Å². The van der Waals surface area contributed by atoms with Gasteiger partial charge in [0.15, 0.2) is 5.60 Å². The van der Waals surface area contributed by atoms with E-state index in [2.05, 4.69) is 26.0 Å². The molecule has 1 heterocycles. The Kier molecular flexibility index (Phi) is 2.98. The zero-order valence-electron chi connectivity index (χ0n) is 10.8. The predicted molar refractivity (Wildman–Crippen MR) is 67.5 cm³/mol. The van der Waals surface area contributed by atoms with Crippen molar-refractivity contribution in [3.05, 3.63) is 35.9 Å². The molecule has 0 N–H and O–H groups in total. The average Bonchev–Trinajstić information content (AvgIpc) is 2.38. The molecule has 2 atom stereocenters. The molecule has 2 rings (SSSR count). The summed E-state index contributed by atoms with van der Waals surface area (Å²) in [5.41, 5.74) is 0.352. The average molecular weight is 232 g/mol. The smallest absolute Gasteiger partial charge is 0.317 e. The number of rotatable bonds is 4. The number of cyclic esters (lactones) is 1. The van der Waals surface area contributed by atoms with Crippen molar-refractivity contribution < 1.29 is 9.53 Å². The van der Waals surface area contributed by atoms with E-state index in [-0.39, 0.29) is 11.4 Å². The summed E-state index contributed by atoms with van der Waals surface area (Å²) in [5.74, 6) is -0.0581. The third-order valence-corrected chi connectivity index (χ3v) is 4.16. The largest absolute Gasteiger partial charge is 0.452 e. The highest BCUT2D eigenvalue weighted by Gasteiger charge is 2.65. The summed E-state index contributed by atoms with van der Waals surface area (Å²) < 4.78 is 5.62. The third-order valence-electron chi connectivity index (χ3n) is 4.16. The standard InChI is InChI=1S/C15H20O2/c1-4-11-15(12-9-7-6-8-10-12)14(3,5-2)13(16)17-15/h6-10H,4-5,11H2,1-3H3. The Hall–Kier alpha value is -1.31. The number of carbonyl (C=O) groups is 1. The Morgan fingerprint density at radius 3 is 2.29 bits per heavy atom. The summed E-state index contributed by atoms with van der Waals surface area (Å²) in [7, 11) is 0. The van der Waals surface area contributed by atoms with Crippen LogP contribution in [0.15, 0.2) is 30.3 Å². The molecule has 0 radical (unpaired) electrons. The van der Waals surface area contributed by atoms with Crippen LogP contribution in [0.5, 0.6) is 0 Å². The molecule has 0 saturated carbocycles. The van der Waals surface area contributed by atoms with E-state index in [9.17, 15) is 4.79 Å². The number of benzene rings is 1. The molecular weight excluding hydrogens is 212 g/mol. The molecule has 0 bridgehead atoms. The van der Waals surface area contributed by atoms with Gasteiger partial charge in [0, 0.05) is 0 Å². The van der Waals surface area contributed by atoms with Crippen molar-refractivity contribution in [3.63, 3.8) is 0 Å². The maximum atomic E-state index is 11.8. The fourth-order valence-corrected chi connectivity index (χ4v) is 2.84. The number of esters is 1. The van der Waals surface area contributed by atoms with Gasteiger partial charge in [0.05, 0.1) is 0 Å². The van der Waals surface area contributed by atoms with E-state index in [1.807, 2.05) is 25.1 Å². The lowest BCUT2D eigenvalue weighted by atomic mass is 9.61. The molecule has 0 spiro atoms. The molecular formula is C15H20O2. The van der Waals surface area contributed by atoms with Crippen LogP contribution in [0.3, 0.4) is 0 Å². The molecule has 1 aromatic rings. The van der Waals surface area contributed by atoms with Crippen LogP contribution in [0.2, 0.25) is 0 Å². The maximum Gasteiger partial charge on any atom is 0.317 e. The van der Waals surface area contributed by atoms with E-state index >= 15 is 0 Å². The second-order valence-electron chi connectivity index (χ2n) is 5.02. The molecule has 2 unspecified atom stereocenters. The van der Waals surface area contributed by atoms with Gasteiger partial charge in [-0.05, 0) is 25.3 Å². The van der Waals surface area contributed by atoms with Gasteiger partial charge in [-0.1, -0.05) is 50.6 Å². The van der Waals surface area contributed by atoms with Gasteiger partial charge in [-0.2, -0.15) is 0 Å². The van der Waals surface area contributed by atoms with Gasteiger partial charge in [-0.15, -0.1) is 0 Å². The zero-order chi connectivity index (χ0) is 12.5. The first-order valence-corrected chi connectivity index (χ1v) is 6.39. The normalized spacial score (nSPS) is 31.8. The Morgan fingerprint density at radius 2 is 1.82 bits per heavy atom.